The van der Waals surface area contributed by atoms with E-state index in [0.717, 1.165) is 0 Å². The molecule has 0 spiro atoms. The van der Waals surface area contributed by atoms with E-state index in [0.29, 0.717) is 10.3 Å². The Bertz CT molecular complexity index is 368. The molecular formula is C17H27PPd. The minimum atomic E-state index is -0.0258. The summed E-state index contributed by atoms with van der Waals surface area (Å²) in [5.41, 5.74) is 1.30. The Labute approximate surface area is 134 Å². The molecule has 2 heteroatoms. The summed E-state index contributed by atoms with van der Waals surface area (Å²) in [5.74, 6) is 0. The SMILES string of the molecule is CC(C)(C)P(C/C=C/c1ccccc1)C(C)(C)C.[Pd]. The van der Waals surface area contributed by atoms with E-state index < -0.39 is 0 Å². The molecule has 1 aromatic carbocycles. The number of hydrogen-bond acceptors (Lipinski definition) is 0. The van der Waals surface area contributed by atoms with Crippen LogP contribution in [0.15, 0.2) is 36.4 Å². The summed E-state index contributed by atoms with van der Waals surface area (Å²) >= 11 is 0. The van der Waals surface area contributed by atoms with Crippen LogP contribution in [0.5, 0.6) is 0 Å². The molecule has 0 aliphatic carbocycles. The Balaban J connectivity index is 0.00000324. The Morgan fingerprint density at radius 2 is 1.37 bits per heavy atom. The monoisotopic (exact) mass is 368 g/mol. The van der Waals surface area contributed by atoms with Gasteiger partial charge in [-0.25, -0.2) is 0 Å². The van der Waals surface area contributed by atoms with Gasteiger partial charge in [0.2, 0.25) is 0 Å². The van der Waals surface area contributed by atoms with Crippen LogP contribution in [0, 0.1) is 0 Å². The number of allylic oxidation sites excluding steroid dienone is 1. The van der Waals surface area contributed by atoms with Crippen molar-refractivity contribution in [3.63, 3.8) is 0 Å². The zero-order valence-corrected chi connectivity index (χ0v) is 15.5. The van der Waals surface area contributed by atoms with E-state index in [1.807, 2.05) is 0 Å². The quantitative estimate of drug-likeness (QED) is 0.469. The van der Waals surface area contributed by atoms with Crippen molar-refractivity contribution in [2.24, 2.45) is 0 Å². The minimum Gasteiger partial charge on any atom is -0.0918 e. The van der Waals surface area contributed by atoms with Gasteiger partial charge in [-0.15, -0.1) is 0 Å². The Morgan fingerprint density at radius 1 is 0.895 bits per heavy atom. The molecule has 0 atom stereocenters. The molecule has 1 rings (SSSR count). The normalized spacial score (nSPS) is 12.8. The van der Waals surface area contributed by atoms with Crippen LogP contribution in [-0.2, 0) is 20.4 Å². The summed E-state index contributed by atoms with van der Waals surface area (Å²) in [6.07, 6.45) is 5.82. The van der Waals surface area contributed by atoms with E-state index in [4.69, 9.17) is 0 Å². The predicted octanol–water partition coefficient (Wildman–Crippen LogP) is 5.78. The van der Waals surface area contributed by atoms with E-state index in [1.54, 1.807) is 0 Å². The fourth-order valence-corrected chi connectivity index (χ4v) is 5.84. The molecule has 0 N–H and O–H groups in total. The van der Waals surface area contributed by atoms with Crippen molar-refractivity contribution >= 4 is 14.0 Å². The zero-order chi connectivity index (χ0) is 13.8. The standard InChI is InChI=1S/C17H27P.Pd/c1-16(2,3)18(17(4,5)6)14-10-13-15-11-8-7-9-12-15;/h7-13H,14H2,1-6H3;/b13-10+;. The van der Waals surface area contributed by atoms with Gasteiger partial charge < -0.3 is 0 Å². The van der Waals surface area contributed by atoms with Crippen molar-refractivity contribution in [1.82, 2.24) is 0 Å². The molecule has 0 fully saturated rings. The van der Waals surface area contributed by atoms with E-state index in [-0.39, 0.29) is 28.3 Å². The average molecular weight is 369 g/mol. The molecule has 0 radical (unpaired) electrons. The number of hydrogen-bond donors (Lipinski definition) is 0. The van der Waals surface area contributed by atoms with Gasteiger partial charge in [0.25, 0.3) is 0 Å². The van der Waals surface area contributed by atoms with Gasteiger partial charge in [0.1, 0.15) is 0 Å². The van der Waals surface area contributed by atoms with Gasteiger partial charge in [0.05, 0.1) is 0 Å². The molecule has 0 heterocycles. The van der Waals surface area contributed by atoms with E-state index in [9.17, 15) is 0 Å². The second kappa shape index (κ2) is 7.73. The third-order valence-corrected chi connectivity index (χ3v) is 6.83. The maximum atomic E-state index is 2.38. The smallest absolute Gasteiger partial charge is 0 e. The molecule has 0 bridgehead atoms. The molecule has 0 aromatic heterocycles. The van der Waals surface area contributed by atoms with E-state index in [2.05, 4.69) is 84.0 Å². The van der Waals surface area contributed by atoms with Crippen molar-refractivity contribution < 1.29 is 20.4 Å². The van der Waals surface area contributed by atoms with Gasteiger partial charge in [-0.05, 0) is 22.0 Å². The van der Waals surface area contributed by atoms with Crippen LogP contribution < -0.4 is 0 Å². The van der Waals surface area contributed by atoms with Crippen molar-refractivity contribution in [1.29, 1.82) is 0 Å². The van der Waals surface area contributed by atoms with Crippen molar-refractivity contribution in [2.75, 3.05) is 6.16 Å². The van der Waals surface area contributed by atoms with Crippen LogP contribution in [0.25, 0.3) is 6.08 Å². The average Bonchev–Trinajstić information content (AvgIpc) is 2.22. The van der Waals surface area contributed by atoms with Crippen LogP contribution in [-0.4, -0.2) is 16.5 Å². The maximum Gasteiger partial charge on any atom is 0 e. The van der Waals surface area contributed by atoms with Crippen molar-refractivity contribution in [3.05, 3.63) is 42.0 Å². The molecule has 0 saturated heterocycles. The van der Waals surface area contributed by atoms with Gasteiger partial charge in [-0.2, -0.15) is 0 Å². The summed E-state index contributed by atoms with van der Waals surface area (Å²) in [6.45, 7) is 14.3. The first-order valence-corrected chi connectivity index (χ1v) is 8.23. The van der Waals surface area contributed by atoms with Crippen LogP contribution in [0.1, 0.15) is 47.1 Å². The molecule has 0 aliphatic rings. The molecular weight excluding hydrogens is 342 g/mol. The van der Waals surface area contributed by atoms with E-state index >= 15 is 0 Å². The fourth-order valence-electron chi connectivity index (χ4n) is 2.41. The fraction of sp³-hybridized carbons (Fsp3) is 0.529. The third kappa shape index (κ3) is 6.85. The predicted molar refractivity (Wildman–Crippen MR) is 86.8 cm³/mol. The molecule has 0 nitrogen and oxygen atoms in total. The summed E-state index contributed by atoms with van der Waals surface area (Å²) in [6, 6.07) is 10.6. The summed E-state index contributed by atoms with van der Waals surface area (Å²) in [4.78, 5) is 0. The summed E-state index contributed by atoms with van der Waals surface area (Å²) < 4.78 is 0. The molecule has 0 amide bonds. The van der Waals surface area contributed by atoms with Gasteiger partial charge in [-0.3, -0.25) is 0 Å². The topological polar surface area (TPSA) is 0 Å². The second-order valence-electron chi connectivity index (χ2n) is 6.77. The second-order valence-corrected chi connectivity index (χ2v) is 10.7. The first-order valence-electron chi connectivity index (χ1n) is 6.70. The third-order valence-electron chi connectivity index (χ3n) is 3.02. The van der Waals surface area contributed by atoms with Gasteiger partial charge in [0, 0.05) is 20.4 Å². The van der Waals surface area contributed by atoms with Crippen molar-refractivity contribution in [2.45, 2.75) is 51.9 Å². The van der Waals surface area contributed by atoms with Crippen LogP contribution >= 0.6 is 7.92 Å². The first-order chi connectivity index (χ1) is 8.21. The maximum absolute atomic E-state index is 2.38. The zero-order valence-electron chi connectivity index (χ0n) is 13.0. The van der Waals surface area contributed by atoms with Crippen molar-refractivity contribution in [3.8, 4) is 0 Å². The first kappa shape index (κ1) is 19.1. The van der Waals surface area contributed by atoms with Gasteiger partial charge in [-0.1, -0.05) is 91.9 Å². The summed E-state index contributed by atoms with van der Waals surface area (Å²) in [5, 5.41) is 0.823. The Kier molecular flexibility index (Phi) is 7.76. The number of rotatable bonds is 3. The molecule has 0 saturated carbocycles. The Hall–Kier alpha value is 0.0523. The van der Waals surface area contributed by atoms with Crippen LogP contribution in [0.2, 0.25) is 0 Å². The van der Waals surface area contributed by atoms with Gasteiger partial charge in [0.15, 0.2) is 0 Å². The molecule has 0 aliphatic heterocycles. The van der Waals surface area contributed by atoms with Crippen LogP contribution in [0.3, 0.4) is 0 Å². The molecule has 1 aromatic rings. The Morgan fingerprint density at radius 3 is 1.79 bits per heavy atom. The molecule has 19 heavy (non-hydrogen) atoms. The summed E-state index contributed by atoms with van der Waals surface area (Å²) in [7, 11) is -0.0258. The minimum absolute atomic E-state index is 0. The molecule has 110 valence electrons. The largest absolute Gasteiger partial charge is 0.0918 e. The van der Waals surface area contributed by atoms with E-state index in [1.165, 1.54) is 11.7 Å². The van der Waals surface area contributed by atoms with Gasteiger partial charge >= 0.3 is 0 Å². The molecule has 0 unspecified atom stereocenters. The number of benzene rings is 1. The van der Waals surface area contributed by atoms with Crippen LogP contribution in [0.4, 0.5) is 0 Å².